The fourth-order valence-electron chi connectivity index (χ4n) is 6.10. The third kappa shape index (κ3) is 4.62. The summed E-state index contributed by atoms with van der Waals surface area (Å²) in [5.41, 5.74) is 9.78. The van der Waals surface area contributed by atoms with E-state index < -0.39 is 0 Å². The van der Waals surface area contributed by atoms with Gasteiger partial charge in [-0.3, -0.25) is 0 Å². The van der Waals surface area contributed by atoms with Crippen molar-refractivity contribution in [2.24, 2.45) is 0 Å². The van der Waals surface area contributed by atoms with Crippen LogP contribution in [0.3, 0.4) is 0 Å². The van der Waals surface area contributed by atoms with E-state index in [0.717, 1.165) is 6.42 Å². The molecule has 0 unspecified atom stereocenters. The van der Waals surface area contributed by atoms with Gasteiger partial charge in [0.1, 0.15) is 0 Å². The van der Waals surface area contributed by atoms with E-state index >= 15 is 0 Å². The van der Waals surface area contributed by atoms with Crippen LogP contribution in [0, 0.1) is 13.8 Å². The Morgan fingerprint density at radius 2 is 0.931 bits per heavy atom. The predicted molar refractivity (Wildman–Crippen MR) is 126 cm³/mol. The highest BCUT2D eigenvalue weighted by Gasteiger charge is 2.30. The van der Waals surface area contributed by atoms with Gasteiger partial charge in [0.2, 0.25) is 0 Å². The smallest absolute Gasteiger partial charge is 0.00254 e. The minimum atomic E-state index is 0.381. The molecular formula is C29H40. The second-order valence-electron chi connectivity index (χ2n) is 10.8. The van der Waals surface area contributed by atoms with Crippen molar-refractivity contribution in [1.29, 1.82) is 0 Å². The Morgan fingerprint density at radius 1 is 0.552 bits per heavy atom. The molecule has 0 radical (unpaired) electrons. The van der Waals surface area contributed by atoms with Gasteiger partial charge in [-0.1, -0.05) is 99.9 Å². The van der Waals surface area contributed by atoms with E-state index in [0.29, 0.717) is 10.8 Å². The molecule has 0 saturated heterocycles. The van der Waals surface area contributed by atoms with Crippen molar-refractivity contribution in [2.75, 3.05) is 0 Å². The molecule has 0 heteroatoms. The molecule has 2 saturated carbocycles. The molecule has 2 aromatic rings. The molecule has 0 nitrogen and oxygen atoms in total. The van der Waals surface area contributed by atoms with E-state index in [-0.39, 0.29) is 0 Å². The fourth-order valence-corrected chi connectivity index (χ4v) is 6.10. The van der Waals surface area contributed by atoms with E-state index in [9.17, 15) is 0 Å². The van der Waals surface area contributed by atoms with Crippen molar-refractivity contribution in [1.82, 2.24) is 0 Å². The largest absolute Gasteiger partial charge is 0.0557 e. The zero-order valence-corrected chi connectivity index (χ0v) is 19.2. The Bertz CT molecular complexity index is 773. The Labute approximate surface area is 179 Å². The number of aryl methyl sites for hydroxylation is 2. The summed E-state index contributed by atoms with van der Waals surface area (Å²) in [4.78, 5) is 0. The molecule has 0 spiro atoms. The van der Waals surface area contributed by atoms with Crippen LogP contribution < -0.4 is 0 Å². The summed E-state index contributed by atoms with van der Waals surface area (Å²) in [5.74, 6) is 0. The zero-order chi connectivity index (χ0) is 20.5. The highest BCUT2D eigenvalue weighted by molar-refractivity contribution is 5.40. The van der Waals surface area contributed by atoms with Crippen molar-refractivity contribution in [2.45, 2.75) is 109 Å². The molecule has 2 aliphatic rings. The highest BCUT2D eigenvalue weighted by atomic mass is 14.3. The first-order valence-corrected chi connectivity index (χ1v) is 12.1. The molecular weight excluding hydrogens is 348 g/mol. The highest BCUT2D eigenvalue weighted by Crippen LogP contribution is 2.41. The lowest BCUT2D eigenvalue weighted by Crippen LogP contribution is -2.25. The van der Waals surface area contributed by atoms with Crippen LogP contribution in [0.4, 0.5) is 0 Å². The van der Waals surface area contributed by atoms with Crippen LogP contribution in [-0.4, -0.2) is 0 Å². The van der Waals surface area contributed by atoms with Gasteiger partial charge in [-0.2, -0.15) is 0 Å². The Balaban J connectivity index is 1.62. The minimum Gasteiger partial charge on any atom is -0.0557 e. The SMILES string of the molecule is Cc1cc(Cc2cc(C)cc(C3(C)CCCCC3)c2)cc(C2(C)CCCCC2)c1. The number of rotatable bonds is 4. The lowest BCUT2D eigenvalue weighted by Gasteiger charge is -2.35. The summed E-state index contributed by atoms with van der Waals surface area (Å²) in [6.45, 7) is 9.56. The molecule has 2 aliphatic carbocycles. The van der Waals surface area contributed by atoms with Crippen LogP contribution >= 0.6 is 0 Å². The van der Waals surface area contributed by atoms with E-state index in [1.807, 2.05) is 0 Å². The van der Waals surface area contributed by atoms with Crippen LogP contribution in [0.5, 0.6) is 0 Å². The quantitative estimate of drug-likeness (QED) is 0.493. The molecule has 0 N–H and O–H groups in total. The summed E-state index contributed by atoms with van der Waals surface area (Å²) >= 11 is 0. The average molecular weight is 389 g/mol. The van der Waals surface area contributed by atoms with Gasteiger partial charge in [-0.15, -0.1) is 0 Å². The maximum absolute atomic E-state index is 2.53. The van der Waals surface area contributed by atoms with Gasteiger partial charge in [-0.05, 0) is 79.0 Å². The van der Waals surface area contributed by atoms with E-state index in [1.165, 1.54) is 86.5 Å². The fraction of sp³-hybridized carbons (Fsp3) is 0.586. The molecule has 0 aliphatic heterocycles. The Morgan fingerprint density at radius 3 is 1.31 bits per heavy atom. The lowest BCUT2D eigenvalue weighted by molar-refractivity contribution is 0.319. The predicted octanol–water partition coefficient (Wildman–Crippen LogP) is 8.34. The van der Waals surface area contributed by atoms with Crippen LogP contribution in [0.2, 0.25) is 0 Å². The summed E-state index contributed by atoms with van der Waals surface area (Å²) < 4.78 is 0. The average Bonchev–Trinajstić information content (AvgIpc) is 2.68. The maximum Gasteiger partial charge on any atom is -0.00254 e. The second-order valence-corrected chi connectivity index (χ2v) is 10.8. The first-order chi connectivity index (χ1) is 13.9. The van der Waals surface area contributed by atoms with E-state index in [2.05, 4.69) is 64.1 Å². The normalized spacial score (nSPS) is 21.1. The third-order valence-corrected chi connectivity index (χ3v) is 7.99. The maximum atomic E-state index is 2.53. The zero-order valence-electron chi connectivity index (χ0n) is 19.2. The van der Waals surface area contributed by atoms with Crippen LogP contribution in [0.15, 0.2) is 36.4 Å². The van der Waals surface area contributed by atoms with Crippen molar-refractivity contribution in [3.8, 4) is 0 Å². The first kappa shape index (κ1) is 20.7. The summed E-state index contributed by atoms with van der Waals surface area (Å²) in [6.07, 6.45) is 14.9. The molecule has 2 fully saturated rings. The van der Waals surface area contributed by atoms with Gasteiger partial charge in [0, 0.05) is 0 Å². The van der Waals surface area contributed by atoms with E-state index in [4.69, 9.17) is 0 Å². The molecule has 0 aromatic heterocycles. The van der Waals surface area contributed by atoms with Crippen LogP contribution in [0.25, 0.3) is 0 Å². The minimum absolute atomic E-state index is 0.381. The monoisotopic (exact) mass is 388 g/mol. The van der Waals surface area contributed by atoms with Gasteiger partial charge in [0.05, 0.1) is 0 Å². The Kier molecular flexibility index (Phi) is 5.92. The number of benzene rings is 2. The first-order valence-electron chi connectivity index (χ1n) is 12.1. The molecule has 4 rings (SSSR count). The molecule has 0 amide bonds. The third-order valence-electron chi connectivity index (χ3n) is 7.99. The van der Waals surface area contributed by atoms with Gasteiger partial charge in [0.15, 0.2) is 0 Å². The van der Waals surface area contributed by atoms with Crippen molar-refractivity contribution >= 4 is 0 Å². The van der Waals surface area contributed by atoms with Crippen molar-refractivity contribution < 1.29 is 0 Å². The molecule has 0 bridgehead atoms. The summed E-state index contributed by atoms with van der Waals surface area (Å²) in [6, 6.07) is 14.8. The summed E-state index contributed by atoms with van der Waals surface area (Å²) in [7, 11) is 0. The molecule has 2 aromatic carbocycles. The molecule has 0 atom stereocenters. The van der Waals surface area contributed by atoms with Crippen LogP contribution in [-0.2, 0) is 17.3 Å². The topological polar surface area (TPSA) is 0 Å². The van der Waals surface area contributed by atoms with Gasteiger partial charge in [0.25, 0.3) is 0 Å². The molecule has 29 heavy (non-hydrogen) atoms. The number of hydrogen-bond acceptors (Lipinski definition) is 0. The van der Waals surface area contributed by atoms with E-state index in [1.54, 1.807) is 11.1 Å². The van der Waals surface area contributed by atoms with Crippen molar-refractivity contribution in [3.63, 3.8) is 0 Å². The standard InChI is InChI=1S/C29H40/c1-22-15-24(20-26(17-22)28(3)11-7-5-8-12-28)19-25-16-23(2)18-27(21-25)29(4)13-9-6-10-14-29/h15-18,20-21H,5-14,19H2,1-4H3. The van der Waals surface area contributed by atoms with Gasteiger partial charge < -0.3 is 0 Å². The van der Waals surface area contributed by atoms with Gasteiger partial charge >= 0.3 is 0 Å². The molecule has 156 valence electrons. The lowest BCUT2D eigenvalue weighted by atomic mass is 9.70. The molecule has 0 heterocycles. The van der Waals surface area contributed by atoms with Crippen LogP contribution in [0.1, 0.15) is 111 Å². The second kappa shape index (κ2) is 8.29. The van der Waals surface area contributed by atoms with Crippen molar-refractivity contribution in [3.05, 3.63) is 69.8 Å². The summed E-state index contributed by atoms with van der Waals surface area (Å²) in [5, 5.41) is 0. The van der Waals surface area contributed by atoms with Gasteiger partial charge in [-0.25, -0.2) is 0 Å². The Hall–Kier alpha value is -1.56. The number of hydrogen-bond donors (Lipinski definition) is 0.